The van der Waals surface area contributed by atoms with Gasteiger partial charge < -0.3 is 0 Å². The summed E-state index contributed by atoms with van der Waals surface area (Å²) in [5.74, 6) is -0.350. The smallest absolute Gasteiger partial charge is 0.167 e. The van der Waals surface area contributed by atoms with Crippen LogP contribution in [0, 0.1) is 5.82 Å². The zero-order valence-electron chi connectivity index (χ0n) is 9.48. The number of Topliss-reactive ketones (excluding diaryl/α,β-unsaturated/α-hetero) is 1. The predicted molar refractivity (Wildman–Crippen MR) is 66.8 cm³/mol. The van der Waals surface area contributed by atoms with E-state index in [-0.39, 0.29) is 11.6 Å². The number of benzene rings is 1. The molecule has 84 valence electrons. The van der Waals surface area contributed by atoms with Gasteiger partial charge in [-0.1, -0.05) is 0 Å². The number of hydrogen-bond acceptors (Lipinski definition) is 2. The van der Waals surface area contributed by atoms with E-state index in [2.05, 4.69) is 4.98 Å². The fourth-order valence-corrected chi connectivity index (χ4v) is 1.64. The Bertz CT molecular complexity index is 539. The molecule has 0 spiro atoms. The molecule has 0 fully saturated rings. The topological polar surface area (TPSA) is 30.0 Å². The lowest BCUT2D eigenvalue weighted by Crippen LogP contribution is -2.10. The van der Waals surface area contributed by atoms with Crippen LogP contribution in [0.1, 0.15) is 15.9 Å². The van der Waals surface area contributed by atoms with E-state index in [1.165, 1.54) is 24.3 Å². The summed E-state index contributed by atoms with van der Waals surface area (Å²) >= 11 is 0. The van der Waals surface area contributed by atoms with Crippen LogP contribution in [0.3, 0.4) is 0 Å². The maximum atomic E-state index is 12.7. The number of halogens is 1. The Hall–Kier alpha value is -1.97. The van der Waals surface area contributed by atoms with E-state index >= 15 is 0 Å². The molecule has 1 aromatic carbocycles. The molecule has 2 nitrogen and oxygen atoms in total. The molecule has 0 N–H and O–H groups in total. The average molecular weight is 227 g/mol. The SMILES string of the molecule is Bc1cc(CC(=O)c2ccc(F)cc2)ccn1. The molecule has 0 aliphatic heterocycles. The number of aromatic nitrogens is 1. The lowest BCUT2D eigenvalue weighted by atomic mass is 9.98. The van der Waals surface area contributed by atoms with Gasteiger partial charge in [0.2, 0.25) is 0 Å². The highest BCUT2D eigenvalue weighted by atomic mass is 19.1. The molecule has 1 heterocycles. The molecule has 0 atom stereocenters. The predicted octanol–water partition coefficient (Wildman–Crippen LogP) is 0.905. The van der Waals surface area contributed by atoms with E-state index in [4.69, 9.17) is 0 Å². The van der Waals surface area contributed by atoms with Gasteiger partial charge in [0, 0.05) is 18.2 Å². The van der Waals surface area contributed by atoms with Gasteiger partial charge in [0.25, 0.3) is 0 Å². The fourth-order valence-electron chi connectivity index (χ4n) is 1.64. The van der Waals surface area contributed by atoms with Crippen molar-refractivity contribution in [2.24, 2.45) is 0 Å². The van der Waals surface area contributed by atoms with Crippen LogP contribution < -0.4 is 5.59 Å². The van der Waals surface area contributed by atoms with Gasteiger partial charge in [-0.05, 0) is 47.6 Å². The van der Waals surface area contributed by atoms with Crippen molar-refractivity contribution in [3.63, 3.8) is 0 Å². The molecule has 2 rings (SSSR count). The van der Waals surface area contributed by atoms with E-state index in [0.29, 0.717) is 12.0 Å². The van der Waals surface area contributed by atoms with Crippen molar-refractivity contribution >= 4 is 19.2 Å². The highest BCUT2D eigenvalue weighted by Crippen LogP contribution is 2.07. The Morgan fingerprint density at radius 3 is 2.59 bits per heavy atom. The van der Waals surface area contributed by atoms with Crippen LogP contribution in [-0.4, -0.2) is 18.6 Å². The van der Waals surface area contributed by atoms with Crippen LogP contribution in [0.2, 0.25) is 0 Å². The molecular weight excluding hydrogens is 216 g/mol. The number of pyridine rings is 1. The summed E-state index contributed by atoms with van der Waals surface area (Å²) in [5, 5.41) is 0. The van der Waals surface area contributed by atoms with Crippen LogP contribution in [0.5, 0.6) is 0 Å². The van der Waals surface area contributed by atoms with Crippen molar-refractivity contribution in [1.29, 1.82) is 0 Å². The minimum Gasteiger partial charge on any atom is -0.294 e. The quantitative estimate of drug-likeness (QED) is 0.576. The van der Waals surface area contributed by atoms with Crippen molar-refractivity contribution in [2.45, 2.75) is 6.42 Å². The number of rotatable bonds is 3. The van der Waals surface area contributed by atoms with Crippen LogP contribution >= 0.6 is 0 Å². The summed E-state index contributed by atoms with van der Waals surface area (Å²) in [5.41, 5.74) is 2.34. The van der Waals surface area contributed by atoms with E-state index in [9.17, 15) is 9.18 Å². The average Bonchev–Trinajstić information content (AvgIpc) is 2.29. The summed E-state index contributed by atoms with van der Waals surface area (Å²) < 4.78 is 12.7. The molecule has 0 aliphatic rings. The molecule has 0 saturated carbocycles. The van der Waals surface area contributed by atoms with Crippen LogP contribution in [-0.2, 0) is 6.42 Å². The third-order valence-electron chi connectivity index (χ3n) is 2.49. The van der Waals surface area contributed by atoms with Crippen LogP contribution in [0.15, 0.2) is 42.6 Å². The minimum atomic E-state index is -0.332. The molecule has 0 radical (unpaired) electrons. The second-order valence-corrected chi connectivity index (χ2v) is 3.91. The van der Waals surface area contributed by atoms with Gasteiger partial charge in [-0.15, -0.1) is 0 Å². The molecule has 0 unspecified atom stereocenters. The third-order valence-corrected chi connectivity index (χ3v) is 2.49. The van der Waals surface area contributed by atoms with Crippen LogP contribution in [0.4, 0.5) is 4.39 Å². The Morgan fingerprint density at radius 2 is 1.94 bits per heavy atom. The summed E-state index contributed by atoms with van der Waals surface area (Å²) in [6.07, 6.45) is 2.00. The summed E-state index contributed by atoms with van der Waals surface area (Å²) in [6, 6.07) is 9.29. The first-order valence-corrected chi connectivity index (χ1v) is 5.35. The van der Waals surface area contributed by atoms with Crippen molar-refractivity contribution < 1.29 is 9.18 Å². The second-order valence-electron chi connectivity index (χ2n) is 3.91. The van der Waals surface area contributed by atoms with E-state index in [0.717, 1.165) is 11.2 Å². The molecule has 1 aromatic heterocycles. The maximum absolute atomic E-state index is 12.7. The molecule has 4 heteroatoms. The van der Waals surface area contributed by atoms with Gasteiger partial charge >= 0.3 is 0 Å². The minimum absolute atomic E-state index is 0.0180. The lowest BCUT2D eigenvalue weighted by Gasteiger charge is -2.02. The Balaban J connectivity index is 2.14. The summed E-state index contributed by atoms with van der Waals surface area (Å²) in [4.78, 5) is 16.0. The number of hydrogen-bond donors (Lipinski definition) is 0. The first-order chi connectivity index (χ1) is 8.15. The molecule has 0 bridgehead atoms. The maximum Gasteiger partial charge on any atom is 0.167 e. The number of carbonyl (C=O) groups excluding carboxylic acids is 1. The highest BCUT2D eigenvalue weighted by molar-refractivity contribution is 6.30. The third kappa shape index (κ3) is 3.00. The van der Waals surface area contributed by atoms with Gasteiger partial charge in [-0.25, -0.2) is 4.39 Å². The molecule has 0 amide bonds. The second kappa shape index (κ2) is 4.91. The standard InChI is InChI=1S/C13H11BFNO/c14-13-8-9(5-6-16-13)7-12(17)10-1-3-11(15)4-2-10/h1-6,8H,7,14H2. The first kappa shape index (κ1) is 11.5. The number of nitrogens with zero attached hydrogens (tertiary/aromatic N) is 1. The van der Waals surface area contributed by atoms with Gasteiger partial charge in [0.15, 0.2) is 13.6 Å². The normalized spacial score (nSPS) is 10.2. The molecule has 2 aromatic rings. The lowest BCUT2D eigenvalue weighted by molar-refractivity contribution is 0.0993. The van der Waals surface area contributed by atoms with E-state index in [1.807, 2.05) is 20.0 Å². The molecule has 0 saturated heterocycles. The molecular formula is C13H11BFNO. The van der Waals surface area contributed by atoms with Crippen molar-refractivity contribution in [3.05, 3.63) is 59.5 Å². The fraction of sp³-hybridized carbons (Fsp3) is 0.0769. The van der Waals surface area contributed by atoms with Gasteiger partial charge in [0.05, 0.1) is 0 Å². The zero-order valence-corrected chi connectivity index (χ0v) is 9.48. The summed E-state index contributed by atoms with van der Waals surface area (Å²) in [7, 11) is 1.88. The van der Waals surface area contributed by atoms with Gasteiger partial charge in [-0.2, -0.15) is 0 Å². The van der Waals surface area contributed by atoms with Crippen molar-refractivity contribution in [3.8, 4) is 0 Å². The Kier molecular flexibility index (Phi) is 3.33. The number of carbonyl (C=O) groups is 1. The van der Waals surface area contributed by atoms with Crippen molar-refractivity contribution in [1.82, 2.24) is 4.98 Å². The van der Waals surface area contributed by atoms with Gasteiger partial charge in [0.1, 0.15) is 5.82 Å². The zero-order chi connectivity index (χ0) is 12.3. The van der Waals surface area contributed by atoms with Gasteiger partial charge in [-0.3, -0.25) is 9.78 Å². The highest BCUT2D eigenvalue weighted by Gasteiger charge is 2.07. The van der Waals surface area contributed by atoms with Crippen LogP contribution in [0.25, 0.3) is 0 Å². The first-order valence-electron chi connectivity index (χ1n) is 5.35. The molecule has 0 aliphatic carbocycles. The molecule has 17 heavy (non-hydrogen) atoms. The summed E-state index contributed by atoms with van der Waals surface area (Å²) in [6.45, 7) is 0. The largest absolute Gasteiger partial charge is 0.294 e. The van der Waals surface area contributed by atoms with E-state index in [1.54, 1.807) is 6.20 Å². The Labute approximate surface area is 99.9 Å². The van der Waals surface area contributed by atoms with Crippen molar-refractivity contribution in [2.75, 3.05) is 0 Å². The van der Waals surface area contributed by atoms with E-state index < -0.39 is 0 Å². The Morgan fingerprint density at radius 1 is 1.24 bits per heavy atom. The monoisotopic (exact) mass is 227 g/mol. The number of ketones is 1.